The van der Waals surface area contributed by atoms with Gasteiger partial charge in [0.25, 0.3) is 0 Å². The lowest BCUT2D eigenvalue weighted by molar-refractivity contribution is 0.428. The monoisotopic (exact) mass is 471 g/mol. The van der Waals surface area contributed by atoms with E-state index >= 15 is 0 Å². The standard InChI is InChI=1S/C19H29N5O.HI/c1-5-20-18(21-11-12-23-19(2,3)4)22-13-16-14-25-17(24-16)15-9-7-6-8-10-15;/h6-10,14,23H,5,11-13H2,1-4H3,(H2,20,21,22);1H. The second-order valence-electron chi connectivity index (χ2n) is 6.81. The van der Waals surface area contributed by atoms with E-state index in [0.717, 1.165) is 36.9 Å². The van der Waals surface area contributed by atoms with Gasteiger partial charge in [-0.25, -0.2) is 9.98 Å². The minimum absolute atomic E-state index is 0. The van der Waals surface area contributed by atoms with Crippen LogP contribution in [0.3, 0.4) is 0 Å². The lowest BCUT2D eigenvalue weighted by atomic mass is 10.1. The molecule has 3 N–H and O–H groups in total. The number of rotatable bonds is 7. The Morgan fingerprint density at radius 1 is 1.12 bits per heavy atom. The molecular formula is C19H30IN5O. The van der Waals surface area contributed by atoms with E-state index in [9.17, 15) is 0 Å². The molecule has 0 amide bonds. The lowest BCUT2D eigenvalue weighted by Crippen LogP contribution is -2.44. The number of benzene rings is 1. The van der Waals surface area contributed by atoms with E-state index in [1.165, 1.54) is 0 Å². The third-order valence-electron chi connectivity index (χ3n) is 3.39. The summed E-state index contributed by atoms with van der Waals surface area (Å²) in [6.07, 6.45) is 1.66. The van der Waals surface area contributed by atoms with E-state index in [1.807, 2.05) is 37.3 Å². The molecule has 144 valence electrons. The van der Waals surface area contributed by atoms with Gasteiger partial charge in [0.2, 0.25) is 5.89 Å². The zero-order valence-electron chi connectivity index (χ0n) is 16.0. The van der Waals surface area contributed by atoms with Gasteiger partial charge in [0, 0.05) is 30.7 Å². The summed E-state index contributed by atoms with van der Waals surface area (Å²) in [6, 6.07) is 9.87. The Morgan fingerprint density at radius 2 is 1.85 bits per heavy atom. The van der Waals surface area contributed by atoms with Crippen LogP contribution < -0.4 is 16.0 Å². The quantitative estimate of drug-likeness (QED) is 0.250. The maximum absolute atomic E-state index is 5.55. The number of oxazole rings is 1. The highest BCUT2D eigenvalue weighted by atomic mass is 127. The minimum Gasteiger partial charge on any atom is -0.444 e. The summed E-state index contributed by atoms with van der Waals surface area (Å²) in [6.45, 7) is 11.5. The molecule has 0 aliphatic heterocycles. The van der Waals surface area contributed by atoms with Crippen molar-refractivity contribution in [3.05, 3.63) is 42.3 Å². The van der Waals surface area contributed by atoms with Crippen molar-refractivity contribution in [2.75, 3.05) is 19.6 Å². The largest absolute Gasteiger partial charge is 0.444 e. The Morgan fingerprint density at radius 3 is 2.50 bits per heavy atom. The Balaban J connectivity index is 0.00000338. The van der Waals surface area contributed by atoms with Crippen LogP contribution in [0.15, 0.2) is 46.0 Å². The van der Waals surface area contributed by atoms with E-state index in [4.69, 9.17) is 4.42 Å². The van der Waals surface area contributed by atoms with Gasteiger partial charge >= 0.3 is 0 Å². The molecule has 0 spiro atoms. The van der Waals surface area contributed by atoms with E-state index in [2.05, 4.69) is 46.7 Å². The SMILES string of the molecule is CCNC(=NCc1coc(-c2ccccc2)n1)NCCNC(C)(C)C.I. The number of hydrogen-bond donors (Lipinski definition) is 3. The van der Waals surface area contributed by atoms with Gasteiger partial charge in [-0.2, -0.15) is 0 Å². The third-order valence-corrected chi connectivity index (χ3v) is 3.39. The van der Waals surface area contributed by atoms with Gasteiger partial charge in [0.1, 0.15) is 12.0 Å². The molecule has 0 radical (unpaired) electrons. The normalized spacial score (nSPS) is 11.8. The molecule has 0 aliphatic rings. The number of guanidine groups is 1. The number of aromatic nitrogens is 1. The summed E-state index contributed by atoms with van der Waals surface area (Å²) in [5.74, 6) is 1.40. The number of aliphatic imine (C=N–C) groups is 1. The number of halogens is 1. The number of hydrogen-bond acceptors (Lipinski definition) is 4. The predicted octanol–water partition coefficient (Wildman–Crippen LogP) is 3.40. The zero-order chi connectivity index (χ0) is 18.1. The fraction of sp³-hybridized carbons (Fsp3) is 0.474. The van der Waals surface area contributed by atoms with Crippen LogP contribution in [0, 0.1) is 0 Å². The highest BCUT2D eigenvalue weighted by Crippen LogP contribution is 2.18. The molecule has 6 nitrogen and oxygen atoms in total. The molecule has 7 heteroatoms. The Bertz CT molecular complexity index is 664. The number of nitrogens with one attached hydrogen (secondary N) is 3. The second-order valence-corrected chi connectivity index (χ2v) is 6.81. The zero-order valence-corrected chi connectivity index (χ0v) is 18.3. The van der Waals surface area contributed by atoms with Crippen LogP contribution in [0.4, 0.5) is 0 Å². The fourth-order valence-electron chi connectivity index (χ4n) is 2.21. The predicted molar refractivity (Wildman–Crippen MR) is 118 cm³/mol. The molecule has 1 aromatic carbocycles. The first kappa shape index (κ1) is 22.4. The molecular weight excluding hydrogens is 441 g/mol. The summed E-state index contributed by atoms with van der Waals surface area (Å²) in [5.41, 5.74) is 1.89. The van der Waals surface area contributed by atoms with Crippen LogP contribution in [-0.2, 0) is 6.54 Å². The summed E-state index contributed by atoms with van der Waals surface area (Å²) in [4.78, 5) is 9.07. The van der Waals surface area contributed by atoms with Gasteiger partial charge < -0.3 is 20.4 Å². The summed E-state index contributed by atoms with van der Waals surface area (Å²) in [7, 11) is 0. The van der Waals surface area contributed by atoms with Crippen LogP contribution >= 0.6 is 24.0 Å². The molecule has 1 heterocycles. The molecule has 0 unspecified atom stereocenters. The van der Waals surface area contributed by atoms with Crippen LogP contribution in [0.25, 0.3) is 11.5 Å². The molecule has 0 atom stereocenters. The smallest absolute Gasteiger partial charge is 0.226 e. The fourth-order valence-corrected chi connectivity index (χ4v) is 2.21. The Kier molecular flexibility index (Phi) is 9.64. The average Bonchev–Trinajstić information content (AvgIpc) is 3.05. The molecule has 2 rings (SSSR count). The highest BCUT2D eigenvalue weighted by molar-refractivity contribution is 14.0. The molecule has 0 saturated heterocycles. The van der Waals surface area contributed by atoms with Crippen molar-refractivity contribution in [3.8, 4) is 11.5 Å². The molecule has 26 heavy (non-hydrogen) atoms. The molecule has 0 aliphatic carbocycles. The van der Waals surface area contributed by atoms with Gasteiger partial charge in [0.15, 0.2) is 5.96 Å². The van der Waals surface area contributed by atoms with Crippen molar-refractivity contribution in [2.24, 2.45) is 4.99 Å². The van der Waals surface area contributed by atoms with Crippen molar-refractivity contribution >= 4 is 29.9 Å². The van der Waals surface area contributed by atoms with E-state index in [1.54, 1.807) is 6.26 Å². The van der Waals surface area contributed by atoms with Crippen LogP contribution in [0.5, 0.6) is 0 Å². The van der Waals surface area contributed by atoms with E-state index in [0.29, 0.717) is 12.4 Å². The van der Waals surface area contributed by atoms with Gasteiger partial charge in [-0.15, -0.1) is 24.0 Å². The van der Waals surface area contributed by atoms with Crippen molar-refractivity contribution in [2.45, 2.75) is 39.8 Å². The molecule has 0 saturated carbocycles. The summed E-state index contributed by atoms with van der Waals surface area (Å²) >= 11 is 0. The van der Waals surface area contributed by atoms with Gasteiger partial charge in [0.05, 0.1) is 6.54 Å². The second kappa shape index (κ2) is 11.2. The van der Waals surface area contributed by atoms with Crippen LogP contribution in [-0.4, -0.2) is 36.1 Å². The summed E-state index contributed by atoms with van der Waals surface area (Å²) < 4.78 is 5.55. The van der Waals surface area contributed by atoms with E-state index in [-0.39, 0.29) is 29.5 Å². The molecule has 0 fully saturated rings. The maximum Gasteiger partial charge on any atom is 0.226 e. The first-order chi connectivity index (χ1) is 12.0. The third kappa shape index (κ3) is 8.18. The highest BCUT2D eigenvalue weighted by Gasteiger charge is 2.08. The first-order valence-corrected chi connectivity index (χ1v) is 8.75. The van der Waals surface area contributed by atoms with Crippen molar-refractivity contribution < 1.29 is 4.42 Å². The van der Waals surface area contributed by atoms with E-state index < -0.39 is 0 Å². The van der Waals surface area contributed by atoms with Crippen molar-refractivity contribution in [1.29, 1.82) is 0 Å². The van der Waals surface area contributed by atoms with Crippen molar-refractivity contribution in [1.82, 2.24) is 20.9 Å². The molecule has 0 bridgehead atoms. The Labute approximate surface area is 173 Å². The number of nitrogens with zero attached hydrogens (tertiary/aromatic N) is 2. The topological polar surface area (TPSA) is 74.5 Å². The average molecular weight is 471 g/mol. The minimum atomic E-state index is 0. The van der Waals surface area contributed by atoms with Gasteiger partial charge in [-0.05, 0) is 39.8 Å². The Hall–Kier alpha value is -1.61. The van der Waals surface area contributed by atoms with Crippen molar-refractivity contribution in [3.63, 3.8) is 0 Å². The first-order valence-electron chi connectivity index (χ1n) is 8.75. The summed E-state index contributed by atoms with van der Waals surface area (Å²) in [5, 5.41) is 10.0. The lowest BCUT2D eigenvalue weighted by Gasteiger charge is -2.21. The molecule has 1 aromatic heterocycles. The maximum atomic E-state index is 5.55. The molecule has 2 aromatic rings. The van der Waals surface area contributed by atoms with Crippen LogP contribution in [0.2, 0.25) is 0 Å². The van der Waals surface area contributed by atoms with Gasteiger partial charge in [-0.3, -0.25) is 0 Å². The van der Waals surface area contributed by atoms with Gasteiger partial charge in [-0.1, -0.05) is 18.2 Å². The van der Waals surface area contributed by atoms with Crippen LogP contribution in [0.1, 0.15) is 33.4 Å².